The third-order valence-corrected chi connectivity index (χ3v) is 15.1. The summed E-state index contributed by atoms with van der Waals surface area (Å²) in [5.41, 5.74) is 0.857. The first-order valence-electron chi connectivity index (χ1n) is 12.3. The van der Waals surface area contributed by atoms with Gasteiger partial charge in [-0.3, -0.25) is 0 Å². The minimum Gasteiger partial charge on any atom is -0.414 e. The molecule has 0 saturated heterocycles. The second kappa shape index (κ2) is 9.13. The van der Waals surface area contributed by atoms with Gasteiger partial charge in [0, 0.05) is 17.9 Å². The molecule has 32 heavy (non-hydrogen) atoms. The minimum atomic E-state index is -1.89. The Morgan fingerprint density at radius 2 is 1.69 bits per heavy atom. The summed E-state index contributed by atoms with van der Waals surface area (Å²) < 4.78 is 7.10. The SMILES string of the molecule is CC(C)(C)[Si](C)(C)O[C@H]1CC[C@](C)(C2CC[C@]3(C)C(=C(Cl)Cl)CCC3[C@@H]2C=O)[C@@H](C=O)C1. The van der Waals surface area contributed by atoms with Crippen LogP contribution in [0, 0.1) is 34.5 Å². The highest BCUT2D eigenvalue weighted by molar-refractivity contribution is 6.74. The standard InChI is InChI=1S/C26H42Cl2O3Si/c1-24(2,3)32(6,7)31-18-10-12-25(4,17(14-18)15-29)21-11-13-26(5)20(19(21)16-30)8-9-22(26)23(27)28/h15-21H,8-14H2,1-7H3/t17-,18+,19+,20?,21?,25+,26+/m1/s1. The van der Waals surface area contributed by atoms with E-state index in [1.807, 2.05) is 0 Å². The van der Waals surface area contributed by atoms with Crippen LogP contribution in [0.4, 0.5) is 0 Å². The molecular weight excluding hydrogens is 459 g/mol. The number of rotatable bonds is 5. The lowest BCUT2D eigenvalue weighted by atomic mass is 9.49. The normalized spacial score (nSPS) is 40.7. The van der Waals surface area contributed by atoms with Crippen molar-refractivity contribution in [3.8, 4) is 0 Å². The first-order chi connectivity index (χ1) is 14.7. The Balaban J connectivity index is 1.83. The van der Waals surface area contributed by atoms with Crippen molar-refractivity contribution < 1.29 is 14.0 Å². The summed E-state index contributed by atoms with van der Waals surface area (Å²) in [6.45, 7) is 15.8. The fourth-order valence-corrected chi connectivity index (χ4v) is 9.00. The van der Waals surface area contributed by atoms with Crippen molar-refractivity contribution in [3.05, 3.63) is 10.1 Å². The van der Waals surface area contributed by atoms with Crippen LogP contribution in [0.15, 0.2) is 10.1 Å². The van der Waals surface area contributed by atoms with E-state index in [-0.39, 0.29) is 45.6 Å². The molecule has 0 aromatic rings. The Morgan fingerprint density at radius 3 is 2.22 bits per heavy atom. The molecule has 3 fully saturated rings. The van der Waals surface area contributed by atoms with E-state index < -0.39 is 8.32 Å². The molecule has 3 aliphatic rings. The van der Waals surface area contributed by atoms with Crippen LogP contribution in [0.25, 0.3) is 0 Å². The number of aldehydes is 2. The van der Waals surface area contributed by atoms with E-state index in [9.17, 15) is 9.59 Å². The number of hydrogen-bond donors (Lipinski definition) is 0. The molecule has 3 rings (SSSR count). The van der Waals surface area contributed by atoms with E-state index in [0.717, 1.165) is 56.8 Å². The lowest BCUT2D eigenvalue weighted by molar-refractivity contribution is -0.135. The molecule has 0 bridgehead atoms. The first-order valence-corrected chi connectivity index (χ1v) is 16.0. The lowest BCUT2D eigenvalue weighted by Crippen LogP contribution is -2.53. The molecule has 0 aliphatic heterocycles. The number of fused-ring (bicyclic) bond motifs is 1. The molecular formula is C26H42Cl2O3Si. The van der Waals surface area contributed by atoms with Crippen LogP contribution >= 0.6 is 23.2 Å². The number of allylic oxidation sites excluding steroid dienone is 1. The van der Waals surface area contributed by atoms with E-state index >= 15 is 0 Å². The van der Waals surface area contributed by atoms with Gasteiger partial charge in [-0.25, -0.2) is 0 Å². The fraction of sp³-hybridized carbons (Fsp3) is 0.846. The van der Waals surface area contributed by atoms with Crippen LogP contribution in [-0.2, 0) is 14.0 Å². The van der Waals surface area contributed by atoms with Crippen LogP contribution in [0.3, 0.4) is 0 Å². The zero-order valence-electron chi connectivity index (χ0n) is 21.0. The van der Waals surface area contributed by atoms with Gasteiger partial charge in [-0.15, -0.1) is 0 Å². The van der Waals surface area contributed by atoms with Crippen molar-refractivity contribution in [3.63, 3.8) is 0 Å². The largest absolute Gasteiger partial charge is 0.414 e. The Bertz CT molecular complexity index is 770. The quantitative estimate of drug-likeness (QED) is 0.286. The van der Waals surface area contributed by atoms with Gasteiger partial charge in [0.1, 0.15) is 17.1 Å². The first kappa shape index (κ1) is 26.4. The Morgan fingerprint density at radius 1 is 1.03 bits per heavy atom. The summed E-state index contributed by atoms with van der Waals surface area (Å²) in [5.74, 6) is 0.349. The van der Waals surface area contributed by atoms with Gasteiger partial charge in [-0.2, -0.15) is 0 Å². The van der Waals surface area contributed by atoms with Crippen LogP contribution in [0.1, 0.15) is 79.6 Å². The summed E-state index contributed by atoms with van der Waals surface area (Å²) in [6, 6.07) is 0. The van der Waals surface area contributed by atoms with Gasteiger partial charge in [0.05, 0.1) is 0 Å². The molecule has 0 heterocycles. The second-order valence-electron chi connectivity index (χ2n) is 12.7. The predicted molar refractivity (Wildman–Crippen MR) is 135 cm³/mol. The molecule has 3 aliphatic carbocycles. The Kier molecular flexibility index (Phi) is 7.54. The molecule has 0 aromatic carbocycles. The molecule has 0 spiro atoms. The lowest BCUT2D eigenvalue weighted by Gasteiger charge is -2.55. The summed E-state index contributed by atoms with van der Waals surface area (Å²) in [6.07, 6.45) is 8.91. The smallest absolute Gasteiger partial charge is 0.192 e. The van der Waals surface area contributed by atoms with E-state index in [4.69, 9.17) is 27.6 Å². The van der Waals surface area contributed by atoms with Crippen LogP contribution in [-0.4, -0.2) is 27.0 Å². The van der Waals surface area contributed by atoms with E-state index in [2.05, 4.69) is 47.7 Å². The maximum absolute atomic E-state index is 12.5. The van der Waals surface area contributed by atoms with Gasteiger partial charge in [0.2, 0.25) is 0 Å². The predicted octanol–water partition coefficient (Wildman–Crippen LogP) is 7.71. The van der Waals surface area contributed by atoms with Crippen molar-refractivity contribution in [2.45, 2.75) is 104 Å². The molecule has 3 saturated carbocycles. The van der Waals surface area contributed by atoms with Crippen LogP contribution < -0.4 is 0 Å². The zero-order chi connectivity index (χ0) is 24.1. The van der Waals surface area contributed by atoms with Gasteiger partial charge >= 0.3 is 0 Å². The molecule has 0 aromatic heterocycles. The number of hydrogen-bond acceptors (Lipinski definition) is 3. The molecule has 3 nitrogen and oxygen atoms in total. The molecule has 7 atom stereocenters. The van der Waals surface area contributed by atoms with Crippen molar-refractivity contribution in [2.75, 3.05) is 0 Å². The molecule has 6 heteroatoms. The van der Waals surface area contributed by atoms with Crippen LogP contribution in [0.5, 0.6) is 0 Å². The number of carbonyl (C=O) groups is 2. The average Bonchev–Trinajstić information content (AvgIpc) is 3.05. The summed E-state index contributed by atoms with van der Waals surface area (Å²) >= 11 is 12.5. The zero-order valence-corrected chi connectivity index (χ0v) is 23.5. The van der Waals surface area contributed by atoms with E-state index in [0.29, 0.717) is 4.49 Å². The third-order valence-electron chi connectivity index (χ3n) is 10.1. The second-order valence-corrected chi connectivity index (χ2v) is 18.4. The van der Waals surface area contributed by atoms with E-state index in [1.165, 1.54) is 6.29 Å². The van der Waals surface area contributed by atoms with Crippen molar-refractivity contribution in [1.82, 2.24) is 0 Å². The van der Waals surface area contributed by atoms with Gasteiger partial charge in [0.15, 0.2) is 8.32 Å². The average molecular weight is 502 g/mol. The highest BCUT2D eigenvalue weighted by Crippen LogP contribution is 2.64. The molecule has 0 amide bonds. The van der Waals surface area contributed by atoms with Crippen molar-refractivity contribution >= 4 is 44.1 Å². The maximum Gasteiger partial charge on any atom is 0.192 e. The summed E-state index contributed by atoms with van der Waals surface area (Å²) in [5, 5.41) is 0.151. The molecule has 0 N–H and O–H groups in total. The third kappa shape index (κ3) is 4.43. The monoisotopic (exact) mass is 500 g/mol. The number of carbonyl (C=O) groups excluding carboxylic acids is 2. The van der Waals surface area contributed by atoms with E-state index in [1.54, 1.807) is 0 Å². The maximum atomic E-state index is 12.5. The van der Waals surface area contributed by atoms with Gasteiger partial charge in [-0.05, 0) is 91.3 Å². The van der Waals surface area contributed by atoms with Crippen molar-refractivity contribution in [1.29, 1.82) is 0 Å². The number of halogens is 2. The minimum absolute atomic E-state index is 0.0516. The van der Waals surface area contributed by atoms with Crippen molar-refractivity contribution in [2.24, 2.45) is 34.5 Å². The fourth-order valence-electron chi connectivity index (χ4n) is 6.98. The van der Waals surface area contributed by atoms with Gasteiger partial charge < -0.3 is 14.0 Å². The summed E-state index contributed by atoms with van der Waals surface area (Å²) in [7, 11) is -1.89. The summed E-state index contributed by atoms with van der Waals surface area (Å²) in [4.78, 5) is 24.9. The molecule has 2 unspecified atom stereocenters. The van der Waals surface area contributed by atoms with Crippen LogP contribution in [0.2, 0.25) is 18.1 Å². The van der Waals surface area contributed by atoms with Gasteiger partial charge in [-0.1, -0.05) is 57.8 Å². The topological polar surface area (TPSA) is 43.4 Å². The Hall–Kier alpha value is -0.163. The van der Waals surface area contributed by atoms with Gasteiger partial charge in [0.25, 0.3) is 0 Å². The Labute approximate surface area is 206 Å². The molecule has 182 valence electrons. The highest BCUT2D eigenvalue weighted by Gasteiger charge is 2.58. The highest BCUT2D eigenvalue weighted by atomic mass is 35.5. The molecule has 0 radical (unpaired) electrons.